The van der Waals surface area contributed by atoms with Crippen LogP contribution in [0.1, 0.15) is 30.1 Å². The second-order valence-corrected chi connectivity index (χ2v) is 7.42. The first kappa shape index (κ1) is 17.1. The number of carbonyl (C=O) groups excluding carboxylic acids is 1. The average Bonchev–Trinajstić information content (AvgIpc) is 3.24. The van der Waals surface area contributed by atoms with Crippen LogP contribution in [0.5, 0.6) is 0 Å². The van der Waals surface area contributed by atoms with Crippen molar-refractivity contribution in [2.45, 2.75) is 31.8 Å². The average molecular weight is 353 g/mol. The van der Waals surface area contributed by atoms with Crippen LogP contribution >= 0.6 is 0 Å². The standard InChI is InChI=1S/C20H27N5O/c1-2-25-15-17(14-21-25)19(26)22-20(8-9-20)16-23-10-12-24(13-11-23)18-6-4-3-5-7-18/h3-7,14-15H,2,8-13,16H2,1H3,(H,22,26). The second-order valence-electron chi connectivity index (χ2n) is 7.42. The number of hydrogen-bond donors (Lipinski definition) is 1. The number of aromatic nitrogens is 2. The van der Waals surface area contributed by atoms with Crippen molar-refractivity contribution in [1.82, 2.24) is 20.0 Å². The maximum absolute atomic E-state index is 12.5. The summed E-state index contributed by atoms with van der Waals surface area (Å²) in [5, 5.41) is 7.46. The third-order valence-corrected chi connectivity index (χ3v) is 5.47. The first-order chi connectivity index (χ1) is 12.7. The van der Waals surface area contributed by atoms with Crippen LogP contribution in [0.25, 0.3) is 0 Å². The highest BCUT2D eigenvalue weighted by Gasteiger charge is 2.45. The van der Waals surface area contributed by atoms with Crippen molar-refractivity contribution in [3.63, 3.8) is 0 Å². The highest BCUT2D eigenvalue weighted by molar-refractivity contribution is 5.94. The van der Waals surface area contributed by atoms with Gasteiger partial charge in [-0.2, -0.15) is 5.10 Å². The maximum atomic E-state index is 12.5. The molecule has 2 heterocycles. The highest BCUT2D eigenvalue weighted by Crippen LogP contribution is 2.36. The van der Waals surface area contributed by atoms with E-state index in [0.29, 0.717) is 5.56 Å². The van der Waals surface area contributed by atoms with Crippen molar-refractivity contribution in [2.24, 2.45) is 0 Å². The molecule has 2 aromatic rings. The van der Waals surface area contributed by atoms with Crippen LogP contribution in [0.3, 0.4) is 0 Å². The molecule has 1 saturated carbocycles. The fraction of sp³-hybridized carbons (Fsp3) is 0.500. The van der Waals surface area contributed by atoms with Crippen LogP contribution in [0, 0.1) is 0 Å². The van der Waals surface area contributed by atoms with Crippen LogP contribution in [-0.4, -0.2) is 58.9 Å². The van der Waals surface area contributed by atoms with Gasteiger partial charge >= 0.3 is 0 Å². The normalized spacial score (nSPS) is 19.3. The number of benzene rings is 1. The molecule has 0 radical (unpaired) electrons. The lowest BCUT2D eigenvalue weighted by Gasteiger charge is -2.38. The molecule has 0 atom stereocenters. The topological polar surface area (TPSA) is 53.4 Å². The molecular formula is C20H27N5O. The number of hydrogen-bond acceptors (Lipinski definition) is 4. The SMILES string of the molecule is CCn1cc(C(=O)NC2(CN3CCN(c4ccccc4)CC3)CC2)cn1. The Hall–Kier alpha value is -2.34. The van der Waals surface area contributed by atoms with E-state index in [4.69, 9.17) is 0 Å². The third kappa shape index (κ3) is 3.75. The molecule has 1 aliphatic carbocycles. The molecular weight excluding hydrogens is 326 g/mol. The Morgan fingerprint density at radius 3 is 2.50 bits per heavy atom. The van der Waals surface area contributed by atoms with Gasteiger partial charge in [0.2, 0.25) is 0 Å². The molecule has 1 aromatic carbocycles. The first-order valence-electron chi connectivity index (χ1n) is 9.55. The van der Waals surface area contributed by atoms with Gasteiger partial charge in [0.1, 0.15) is 0 Å². The summed E-state index contributed by atoms with van der Waals surface area (Å²) >= 11 is 0. The minimum Gasteiger partial charge on any atom is -0.369 e. The molecule has 2 fully saturated rings. The van der Waals surface area contributed by atoms with Gasteiger partial charge < -0.3 is 10.2 Å². The van der Waals surface area contributed by atoms with Crippen molar-refractivity contribution in [1.29, 1.82) is 0 Å². The Kier molecular flexibility index (Phi) is 4.68. The van der Waals surface area contributed by atoms with Crippen LogP contribution in [0.2, 0.25) is 0 Å². The van der Waals surface area contributed by atoms with E-state index in [2.05, 4.69) is 50.5 Å². The number of nitrogens with zero attached hydrogens (tertiary/aromatic N) is 4. The van der Waals surface area contributed by atoms with Gasteiger partial charge in [0.05, 0.1) is 17.3 Å². The summed E-state index contributed by atoms with van der Waals surface area (Å²) in [4.78, 5) is 17.4. The van der Waals surface area contributed by atoms with E-state index in [1.807, 2.05) is 13.1 Å². The molecule has 1 aliphatic heterocycles. The summed E-state index contributed by atoms with van der Waals surface area (Å²) in [6.07, 6.45) is 5.62. The predicted octanol–water partition coefficient (Wildman–Crippen LogP) is 1.99. The van der Waals surface area contributed by atoms with Gasteiger partial charge in [0.15, 0.2) is 0 Å². The van der Waals surface area contributed by atoms with E-state index >= 15 is 0 Å². The van der Waals surface area contributed by atoms with Crippen LogP contribution in [-0.2, 0) is 6.54 Å². The van der Waals surface area contributed by atoms with Crippen LogP contribution in [0.4, 0.5) is 5.69 Å². The molecule has 1 aromatic heterocycles. The van der Waals surface area contributed by atoms with Crippen molar-refractivity contribution in [3.8, 4) is 0 Å². The molecule has 1 N–H and O–H groups in total. The van der Waals surface area contributed by atoms with E-state index < -0.39 is 0 Å². The second kappa shape index (κ2) is 7.11. The molecule has 1 saturated heterocycles. The number of amides is 1. The highest BCUT2D eigenvalue weighted by atomic mass is 16.2. The third-order valence-electron chi connectivity index (χ3n) is 5.47. The summed E-state index contributed by atoms with van der Waals surface area (Å²) in [6, 6.07) is 10.6. The van der Waals surface area contributed by atoms with Gasteiger partial charge in [-0.1, -0.05) is 18.2 Å². The quantitative estimate of drug-likeness (QED) is 0.863. The molecule has 138 valence electrons. The van der Waals surface area contributed by atoms with Gasteiger partial charge in [-0.05, 0) is 31.9 Å². The number of para-hydroxylation sites is 1. The molecule has 1 amide bonds. The Morgan fingerprint density at radius 2 is 1.88 bits per heavy atom. The monoisotopic (exact) mass is 353 g/mol. The van der Waals surface area contributed by atoms with E-state index in [9.17, 15) is 4.79 Å². The summed E-state index contributed by atoms with van der Waals surface area (Å²) in [7, 11) is 0. The van der Waals surface area contributed by atoms with Crippen molar-refractivity contribution in [2.75, 3.05) is 37.6 Å². The molecule has 2 aliphatic rings. The van der Waals surface area contributed by atoms with Gasteiger partial charge in [-0.3, -0.25) is 14.4 Å². The molecule has 0 unspecified atom stereocenters. The Bertz CT molecular complexity index is 745. The summed E-state index contributed by atoms with van der Waals surface area (Å²) in [5.41, 5.74) is 1.92. The molecule has 0 spiro atoms. The van der Waals surface area contributed by atoms with Gasteiger partial charge in [0.25, 0.3) is 5.91 Å². The Balaban J connectivity index is 1.30. The summed E-state index contributed by atoms with van der Waals surface area (Å²) in [6.45, 7) is 7.91. The number of aryl methyl sites for hydroxylation is 1. The smallest absolute Gasteiger partial charge is 0.254 e. The number of rotatable bonds is 6. The zero-order valence-electron chi connectivity index (χ0n) is 15.4. The largest absolute Gasteiger partial charge is 0.369 e. The van der Waals surface area contributed by atoms with Crippen molar-refractivity contribution in [3.05, 3.63) is 48.3 Å². The lowest BCUT2D eigenvalue weighted by atomic mass is 10.2. The van der Waals surface area contributed by atoms with Gasteiger partial charge in [-0.15, -0.1) is 0 Å². The molecule has 6 heteroatoms. The zero-order valence-corrected chi connectivity index (χ0v) is 15.4. The minimum absolute atomic E-state index is 0.00474. The van der Waals surface area contributed by atoms with Gasteiger partial charge in [-0.25, -0.2) is 0 Å². The van der Waals surface area contributed by atoms with Crippen molar-refractivity contribution < 1.29 is 4.79 Å². The van der Waals surface area contributed by atoms with Crippen LogP contribution < -0.4 is 10.2 Å². The maximum Gasteiger partial charge on any atom is 0.254 e. The molecule has 6 nitrogen and oxygen atoms in total. The predicted molar refractivity (Wildman–Crippen MR) is 102 cm³/mol. The van der Waals surface area contributed by atoms with Crippen molar-refractivity contribution >= 4 is 11.6 Å². The Morgan fingerprint density at radius 1 is 1.15 bits per heavy atom. The lowest BCUT2D eigenvalue weighted by molar-refractivity contribution is 0.0915. The number of nitrogens with one attached hydrogen (secondary N) is 1. The zero-order chi connectivity index (χ0) is 18.0. The van der Waals surface area contributed by atoms with E-state index in [0.717, 1.165) is 52.1 Å². The fourth-order valence-electron chi connectivity index (χ4n) is 3.67. The number of carbonyl (C=O) groups is 1. The van der Waals surface area contributed by atoms with E-state index in [1.165, 1.54) is 5.69 Å². The van der Waals surface area contributed by atoms with Crippen LogP contribution in [0.15, 0.2) is 42.7 Å². The summed E-state index contributed by atoms with van der Waals surface area (Å²) < 4.78 is 1.79. The lowest BCUT2D eigenvalue weighted by Crippen LogP contribution is -2.52. The Labute approximate surface area is 154 Å². The number of anilines is 1. The first-order valence-corrected chi connectivity index (χ1v) is 9.55. The number of piperazine rings is 1. The van der Waals surface area contributed by atoms with E-state index in [1.54, 1.807) is 10.9 Å². The van der Waals surface area contributed by atoms with E-state index in [-0.39, 0.29) is 11.4 Å². The molecule has 4 rings (SSSR count). The molecule has 0 bridgehead atoms. The fourth-order valence-corrected chi connectivity index (χ4v) is 3.67. The summed E-state index contributed by atoms with van der Waals surface area (Å²) in [5.74, 6) is 0.00474. The van der Waals surface area contributed by atoms with Gasteiger partial charge in [0, 0.05) is 51.2 Å². The minimum atomic E-state index is -0.0414. The molecule has 26 heavy (non-hydrogen) atoms.